The highest BCUT2D eigenvalue weighted by Gasteiger charge is 2.06. The summed E-state index contributed by atoms with van der Waals surface area (Å²) >= 11 is 0. The first-order valence-electron chi connectivity index (χ1n) is 3.97. The minimum absolute atomic E-state index is 0.231. The van der Waals surface area contributed by atoms with Crippen molar-refractivity contribution in [1.29, 1.82) is 0 Å². The Morgan fingerprint density at radius 3 is 2.14 bits per heavy atom. The van der Waals surface area contributed by atoms with E-state index in [9.17, 15) is 9.59 Å². The summed E-state index contributed by atoms with van der Waals surface area (Å²) in [6.07, 6.45) is 1.03. The van der Waals surface area contributed by atoms with Gasteiger partial charge in [0.25, 0.3) is 5.91 Å². The van der Waals surface area contributed by atoms with Crippen LogP contribution in [0.4, 0.5) is 0 Å². The summed E-state index contributed by atoms with van der Waals surface area (Å²) in [7, 11) is 0. The number of nitrogens with two attached hydrogens (primary N) is 2. The van der Waals surface area contributed by atoms with Gasteiger partial charge in [-0.2, -0.15) is 0 Å². The van der Waals surface area contributed by atoms with E-state index >= 15 is 0 Å². The van der Waals surface area contributed by atoms with E-state index in [4.69, 9.17) is 11.5 Å². The van der Waals surface area contributed by atoms with Crippen molar-refractivity contribution in [2.45, 2.75) is 0 Å². The molecule has 4 heteroatoms. The lowest BCUT2D eigenvalue weighted by molar-refractivity contribution is -0.133. The SMILES string of the molecule is NC(=O)C(=O)/C=C(\N)c1ccccc1. The molecule has 14 heavy (non-hydrogen) atoms. The Labute approximate surface area is 81.2 Å². The molecule has 0 spiro atoms. The summed E-state index contributed by atoms with van der Waals surface area (Å²) in [5.41, 5.74) is 11.3. The normalized spacial score (nSPS) is 11.0. The minimum Gasteiger partial charge on any atom is -0.398 e. The molecule has 1 aromatic carbocycles. The lowest BCUT2D eigenvalue weighted by atomic mass is 10.1. The molecule has 0 saturated carbocycles. The maximum atomic E-state index is 10.9. The van der Waals surface area contributed by atoms with Gasteiger partial charge in [0.05, 0.1) is 0 Å². The van der Waals surface area contributed by atoms with Gasteiger partial charge in [-0.3, -0.25) is 9.59 Å². The molecule has 0 aliphatic rings. The van der Waals surface area contributed by atoms with E-state index in [0.29, 0.717) is 5.56 Å². The molecule has 0 aliphatic heterocycles. The third-order valence-corrected chi connectivity index (χ3v) is 1.64. The summed E-state index contributed by atoms with van der Waals surface area (Å²) in [4.78, 5) is 21.3. The smallest absolute Gasteiger partial charge is 0.289 e. The van der Waals surface area contributed by atoms with Crippen LogP contribution in [0.1, 0.15) is 5.56 Å². The van der Waals surface area contributed by atoms with Gasteiger partial charge in [0.2, 0.25) is 5.78 Å². The zero-order chi connectivity index (χ0) is 10.6. The second-order valence-electron chi connectivity index (χ2n) is 2.69. The number of carbonyl (C=O) groups is 2. The maximum absolute atomic E-state index is 10.9. The van der Waals surface area contributed by atoms with Crippen LogP contribution in [0.5, 0.6) is 0 Å². The first-order valence-corrected chi connectivity index (χ1v) is 3.97. The van der Waals surface area contributed by atoms with Gasteiger partial charge in [-0.15, -0.1) is 0 Å². The van der Waals surface area contributed by atoms with Crippen molar-refractivity contribution in [3.05, 3.63) is 42.0 Å². The Morgan fingerprint density at radius 2 is 1.64 bits per heavy atom. The predicted octanol–water partition coefficient (Wildman–Crippen LogP) is 0.0406. The van der Waals surface area contributed by atoms with Crippen LogP contribution in [0.3, 0.4) is 0 Å². The molecule has 4 nitrogen and oxygen atoms in total. The van der Waals surface area contributed by atoms with Crippen LogP contribution in [0, 0.1) is 0 Å². The Morgan fingerprint density at radius 1 is 1.07 bits per heavy atom. The van der Waals surface area contributed by atoms with Gasteiger partial charge in [-0.1, -0.05) is 30.3 Å². The molecule has 0 fully saturated rings. The molecule has 0 unspecified atom stereocenters. The standard InChI is InChI=1S/C10H10N2O2/c11-8(6-9(13)10(12)14)7-4-2-1-3-5-7/h1-6H,11H2,(H2,12,14)/b8-6-. The number of ketones is 1. The van der Waals surface area contributed by atoms with E-state index in [2.05, 4.69) is 0 Å². The summed E-state index contributed by atoms with van der Waals surface area (Å²) < 4.78 is 0. The Hall–Kier alpha value is -2.10. The highest BCUT2D eigenvalue weighted by molar-refractivity contribution is 6.41. The number of primary amides is 1. The monoisotopic (exact) mass is 190 g/mol. The number of carbonyl (C=O) groups excluding carboxylic acids is 2. The molecule has 0 aliphatic carbocycles. The summed E-state index contributed by atoms with van der Waals surface area (Å²) in [5.74, 6) is -1.81. The minimum atomic E-state index is -1.01. The largest absolute Gasteiger partial charge is 0.398 e. The lowest BCUT2D eigenvalue weighted by Crippen LogP contribution is -2.21. The van der Waals surface area contributed by atoms with Crippen molar-refractivity contribution < 1.29 is 9.59 Å². The Kier molecular flexibility index (Phi) is 3.01. The van der Waals surface area contributed by atoms with Crippen molar-refractivity contribution in [3.63, 3.8) is 0 Å². The molecule has 1 amide bonds. The fourth-order valence-corrected chi connectivity index (χ4v) is 0.926. The molecule has 4 N–H and O–H groups in total. The first kappa shape index (κ1) is 9.98. The van der Waals surface area contributed by atoms with Crippen LogP contribution in [-0.4, -0.2) is 11.7 Å². The van der Waals surface area contributed by atoms with Crippen molar-refractivity contribution in [3.8, 4) is 0 Å². The molecule has 0 radical (unpaired) electrons. The topological polar surface area (TPSA) is 86.2 Å². The van der Waals surface area contributed by atoms with Gasteiger partial charge >= 0.3 is 0 Å². The second-order valence-corrected chi connectivity index (χ2v) is 2.69. The molecule has 1 aromatic rings. The molecular weight excluding hydrogens is 180 g/mol. The van der Waals surface area contributed by atoms with E-state index in [-0.39, 0.29) is 5.70 Å². The number of rotatable bonds is 3. The number of benzene rings is 1. The van der Waals surface area contributed by atoms with Crippen molar-refractivity contribution in [1.82, 2.24) is 0 Å². The van der Waals surface area contributed by atoms with E-state index < -0.39 is 11.7 Å². The van der Waals surface area contributed by atoms with Crippen LogP contribution < -0.4 is 11.5 Å². The Balaban J connectivity index is 2.91. The summed E-state index contributed by atoms with van der Waals surface area (Å²) in [5, 5.41) is 0. The molecule has 72 valence electrons. The molecule has 0 bridgehead atoms. The van der Waals surface area contributed by atoms with Crippen LogP contribution in [0.2, 0.25) is 0 Å². The average Bonchev–Trinajstić information content (AvgIpc) is 2.19. The fourth-order valence-electron chi connectivity index (χ4n) is 0.926. The summed E-state index contributed by atoms with van der Waals surface area (Å²) in [6, 6.07) is 8.86. The first-order chi connectivity index (χ1) is 6.61. The molecule has 0 heterocycles. The maximum Gasteiger partial charge on any atom is 0.289 e. The highest BCUT2D eigenvalue weighted by atomic mass is 16.2. The fraction of sp³-hybridized carbons (Fsp3) is 0. The molecule has 0 aromatic heterocycles. The summed E-state index contributed by atoms with van der Waals surface area (Å²) in [6.45, 7) is 0. The van der Waals surface area contributed by atoms with Crippen molar-refractivity contribution in [2.75, 3.05) is 0 Å². The van der Waals surface area contributed by atoms with Gasteiger partial charge < -0.3 is 11.5 Å². The quantitative estimate of drug-likeness (QED) is 0.521. The number of amides is 1. The van der Waals surface area contributed by atoms with E-state index in [1.807, 2.05) is 6.07 Å². The van der Waals surface area contributed by atoms with Crippen LogP contribution >= 0.6 is 0 Å². The Bertz CT molecular complexity index is 382. The average molecular weight is 190 g/mol. The number of hydrogen-bond acceptors (Lipinski definition) is 3. The van der Waals surface area contributed by atoms with Gasteiger partial charge in [0, 0.05) is 11.8 Å². The molecule has 1 rings (SSSR count). The highest BCUT2D eigenvalue weighted by Crippen LogP contribution is 2.07. The second kappa shape index (κ2) is 4.23. The van der Waals surface area contributed by atoms with Gasteiger partial charge in [0.15, 0.2) is 0 Å². The van der Waals surface area contributed by atoms with Gasteiger partial charge in [-0.25, -0.2) is 0 Å². The van der Waals surface area contributed by atoms with Gasteiger partial charge in [-0.05, 0) is 5.56 Å². The van der Waals surface area contributed by atoms with Crippen LogP contribution in [0.25, 0.3) is 5.70 Å². The lowest BCUT2D eigenvalue weighted by Gasteiger charge is -1.99. The third kappa shape index (κ3) is 2.45. The third-order valence-electron chi connectivity index (χ3n) is 1.64. The zero-order valence-electron chi connectivity index (χ0n) is 7.44. The van der Waals surface area contributed by atoms with Crippen LogP contribution in [-0.2, 0) is 9.59 Å². The predicted molar refractivity (Wildman–Crippen MR) is 52.8 cm³/mol. The van der Waals surface area contributed by atoms with E-state index in [0.717, 1.165) is 6.08 Å². The number of hydrogen-bond donors (Lipinski definition) is 2. The molecule has 0 saturated heterocycles. The van der Waals surface area contributed by atoms with Crippen molar-refractivity contribution in [2.24, 2.45) is 11.5 Å². The molecule has 0 atom stereocenters. The van der Waals surface area contributed by atoms with E-state index in [1.54, 1.807) is 24.3 Å². The van der Waals surface area contributed by atoms with Gasteiger partial charge in [0.1, 0.15) is 0 Å². The van der Waals surface area contributed by atoms with E-state index in [1.165, 1.54) is 0 Å². The van der Waals surface area contributed by atoms with Crippen molar-refractivity contribution >= 4 is 17.4 Å². The zero-order valence-corrected chi connectivity index (χ0v) is 7.44. The van der Waals surface area contributed by atoms with Crippen LogP contribution in [0.15, 0.2) is 36.4 Å². The molecular formula is C10H10N2O2.